The summed E-state index contributed by atoms with van der Waals surface area (Å²) in [7, 11) is 1.35. The van der Waals surface area contributed by atoms with Gasteiger partial charge in [0.25, 0.3) is 5.91 Å². The average molecular weight is 308 g/mol. The summed E-state index contributed by atoms with van der Waals surface area (Å²) in [5.41, 5.74) is 0.559. The van der Waals surface area contributed by atoms with Crippen LogP contribution in [0.3, 0.4) is 0 Å². The molecule has 122 valence electrons. The molecule has 0 aliphatic carbocycles. The Morgan fingerprint density at radius 3 is 2.59 bits per heavy atom. The fraction of sp³-hybridized carbons (Fsp3) is 0.562. The van der Waals surface area contributed by atoms with E-state index in [-0.39, 0.29) is 17.8 Å². The first-order valence-corrected chi connectivity index (χ1v) is 7.45. The van der Waals surface area contributed by atoms with E-state index in [0.717, 1.165) is 6.42 Å². The molecule has 6 heteroatoms. The number of carbonyl (C=O) groups excluding carboxylic acids is 2. The number of hydrogen-bond donors (Lipinski definition) is 0. The number of amides is 1. The van der Waals surface area contributed by atoms with E-state index >= 15 is 0 Å². The van der Waals surface area contributed by atoms with Gasteiger partial charge in [0.2, 0.25) is 0 Å². The number of esters is 1. The molecule has 0 bridgehead atoms. The van der Waals surface area contributed by atoms with Crippen molar-refractivity contribution in [1.82, 2.24) is 9.88 Å². The van der Waals surface area contributed by atoms with Crippen molar-refractivity contribution in [3.63, 3.8) is 0 Å². The first-order valence-electron chi connectivity index (χ1n) is 7.45. The van der Waals surface area contributed by atoms with Gasteiger partial charge in [-0.25, -0.2) is 0 Å². The topological polar surface area (TPSA) is 68.7 Å². The first kappa shape index (κ1) is 18.1. The first-order chi connectivity index (χ1) is 10.6. The number of rotatable bonds is 9. The molecule has 0 radical (unpaired) electrons. The van der Waals surface area contributed by atoms with Gasteiger partial charge in [-0.3, -0.25) is 14.6 Å². The van der Waals surface area contributed by atoms with Crippen LogP contribution in [0.1, 0.15) is 30.6 Å². The van der Waals surface area contributed by atoms with Crippen LogP contribution in [-0.2, 0) is 14.3 Å². The maximum absolute atomic E-state index is 12.6. The van der Waals surface area contributed by atoms with Gasteiger partial charge in [-0.2, -0.15) is 0 Å². The van der Waals surface area contributed by atoms with E-state index in [1.165, 1.54) is 7.11 Å². The normalized spacial score (nSPS) is 11.8. The summed E-state index contributed by atoms with van der Waals surface area (Å²) >= 11 is 0. The zero-order chi connectivity index (χ0) is 16.4. The molecule has 0 saturated carbocycles. The molecule has 6 nitrogen and oxygen atoms in total. The van der Waals surface area contributed by atoms with E-state index in [1.54, 1.807) is 36.4 Å². The van der Waals surface area contributed by atoms with Crippen molar-refractivity contribution in [3.05, 3.63) is 30.1 Å². The second-order valence-corrected chi connectivity index (χ2v) is 4.96. The minimum Gasteiger partial charge on any atom is -0.469 e. The standard InChI is InChI=1S/C16H24N2O4/c1-4-22-11-5-10-18(12-13(2)16(20)21-3)15(19)14-6-8-17-9-7-14/h6-9,13H,4-5,10-12H2,1-3H3. The van der Waals surface area contributed by atoms with E-state index in [4.69, 9.17) is 9.47 Å². The Morgan fingerprint density at radius 2 is 2.00 bits per heavy atom. The van der Waals surface area contributed by atoms with Crippen molar-refractivity contribution in [3.8, 4) is 0 Å². The molecule has 0 aliphatic rings. The summed E-state index contributed by atoms with van der Waals surface area (Å²) in [6.07, 6.45) is 3.88. The van der Waals surface area contributed by atoms with Crippen LogP contribution >= 0.6 is 0 Å². The Hall–Kier alpha value is -1.95. The smallest absolute Gasteiger partial charge is 0.310 e. The largest absolute Gasteiger partial charge is 0.469 e. The SMILES string of the molecule is CCOCCCN(CC(C)C(=O)OC)C(=O)c1ccncc1. The molecule has 1 rings (SSSR count). The third-order valence-electron chi connectivity index (χ3n) is 3.23. The second-order valence-electron chi connectivity index (χ2n) is 4.96. The van der Waals surface area contributed by atoms with Crippen molar-refractivity contribution in [2.24, 2.45) is 5.92 Å². The molecule has 1 aromatic heterocycles. The highest BCUT2D eigenvalue weighted by Crippen LogP contribution is 2.09. The van der Waals surface area contributed by atoms with E-state index < -0.39 is 0 Å². The zero-order valence-electron chi connectivity index (χ0n) is 13.4. The van der Waals surface area contributed by atoms with Crippen molar-refractivity contribution < 1.29 is 19.1 Å². The second kappa shape index (κ2) is 9.89. The molecule has 0 fully saturated rings. The van der Waals surface area contributed by atoms with Gasteiger partial charge in [0.15, 0.2) is 0 Å². The van der Waals surface area contributed by atoms with Crippen LogP contribution in [0.4, 0.5) is 0 Å². The number of hydrogen-bond acceptors (Lipinski definition) is 5. The molecule has 1 aromatic rings. The van der Waals surface area contributed by atoms with Crippen LogP contribution < -0.4 is 0 Å². The average Bonchev–Trinajstić information content (AvgIpc) is 2.56. The van der Waals surface area contributed by atoms with Gasteiger partial charge < -0.3 is 14.4 Å². The molecule has 1 amide bonds. The Kier molecular flexibility index (Phi) is 8.14. The Bertz CT molecular complexity index is 464. The molecule has 0 saturated heterocycles. The molecule has 0 aromatic carbocycles. The van der Waals surface area contributed by atoms with E-state index in [0.29, 0.717) is 31.9 Å². The van der Waals surface area contributed by atoms with Crippen LogP contribution in [0.25, 0.3) is 0 Å². The minimum absolute atomic E-state index is 0.116. The Balaban J connectivity index is 2.72. The summed E-state index contributed by atoms with van der Waals surface area (Å²) in [6.45, 7) is 5.77. The maximum Gasteiger partial charge on any atom is 0.310 e. The van der Waals surface area contributed by atoms with Gasteiger partial charge >= 0.3 is 5.97 Å². The molecule has 22 heavy (non-hydrogen) atoms. The van der Waals surface area contributed by atoms with Gasteiger partial charge in [0.05, 0.1) is 13.0 Å². The maximum atomic E-state index is 12.6. The van der Waals surface area contributed by atoms with Gasteiger partial charge in [-0.1, -0.05) is 6.92 Å². The summed E-state index contributed by atoms with van der Waals surface area (Å²) in [5, 5.41) is 0. The minimum atomic E-state index is -0.372. The monoisotopic (exact) mass is 308 g/mol. The number of methoxy groups -OCH3 is 1. The molecule has 0 aliphatic heterocycles. The quantitative estimate of drug-likeness (QED) is 0.513. The molecule has 0 N–H and O–H groups in total. The lowest BCUT2D eigenvalue weighted by atomic mass is 10.1. The predicted molar refractivity (Wildman–Crippen MR) is 82.4 cm³/mol. The van der Waals surface area contributed by atoms with Crippen LogP contribution in [0, 0.1) is 5.92 Å². The highest BCUT2D eigenvalue weighted by molar-refractivity contribution is 5.94. The van der Waals surface area contributed by atoms with Gasteiger partial charge in [0, 0.05) is 44.3 Å². The van der Waals surface area contributed by atoms with Gasteiger partial charge in [-0.05, 0) is 25.5 Å². The lowest BCUT2D eigenvalue weighted by molar-refractivity contribution is -0.145. The van der Waals surface area contributed by atoms with Gasteiger partial charge in [-0.15, -0.1) is 0 Å². The fourth-order valence-electron chi connectivity index (χ4n) is 2.06. The highest BCUT2D eigenvalue weighted by atomic mass is 16.5. The lowest BCUT2D eigenvalue weighted by Gasteiger charge is -2.25. The van der Waals surface area contributed by atoms with Crippen molar-refractivity contribution in [2.75, 3.05) is 33.4 Å². The highest BCUT2D eigenvalue weighted by Gasteiger charge is 2.22. The van der Waals surface area contributed by atoms with Crippen molar-refractivity contribution in [1.29, 1.82) is 0 Å². The summed E-state index contributed by atoms with van der Waals surface area (Å²) in [4.78, 5) is 29.7. The summed E-state index contributed by atoms with van der Waals surface area (Å²) < 4.78 is 10.0. The molecular weight excluding hydrogens is 284 g/mol. The molecular formula is C16H24N2O4. The Morgan fingerprint density at radius 1 is 1.32 bits per heavy atom. The zero-order valence-corrected chi connectivity index (χ0v) is 13.4. The number of ether oxygens (including phenoxy) is 2. The van der Waals surface area contributed by atoms with E-state index in [1.807, 2.05) is 6.92 Å². The third-order valence-corrected chi connectivity index (χ3v) is 3.23. The van der Waals surface area contributed by atoms with Crippen LogP contribution in [0.15, 0.2) is 24.5 Å². The molecule has 1 atom stereocenters. The summed E-state index contributed by atoms with van der Waals surface area (Å²) in [6, 6.07) is 3.33. The van der Waals surface area contributed by atoms with E-state index in [9.17, 15) is 9.59 Å². The summed E-state index contributed by atoms with van der Waals surface area (Å²) in [5.74, 6) is -0.810. The molecule has 1 heterocycles. The lowest BCUT2D eigenvalue weighted by Crippen LogP contribution is -2.38. The number of carbonyl (C=O) groups is 2. The number of nitrogens with zero attached hydrogens (tertiary/aromatic N) is 2. The van der Waals surface area contributed by atoms with Crippen molar-refractivity contribution in [2.45, 2.75) is 20.3 Å². The molecule has 0 spiro atoms. The van der Waals surface area contributed by atoms with Crippen LogP contribution in [0.2, 0.25) is 0 Å². The third kappa shape index (κ3) is 5.81. The van der Waals surface area contributed by atoms with Gasteiger partial charge in [0.1, 0.15) is 0 Å². The van der Waals surface area contributed by atoms with E-state index in [2.05, 4.69) is 4.98 Å². The van der Waals surface area contributed by atoms with Crippen LogP contribution in [-0.4, -0.2) is 55.2 Å². The molecule has 1 unspecified atom stereocenters. The number of aromatic nitrogens is 1. The Labute approximate surface area is 131 Å². The van der Waals surface area contributed by atoms with Crippen molar-refractivity contribution >= 4 is 11.9 Å². The fourth-order valence-corrected chi connectivity index (χ4v) is 2.06. The predicted octanol–water partition coefficient (Wildman–Crippen LogP) is 1.76. The van der Waals surface area contributed by atoms with Crippen LogP contribution in [0.5, 0.6) is 0 Å². The number of pyridine rings is 1.